The smallest absolute Gasteiger partial charge is 0.239 e. The van der Waals surface area contributed by atoms with Crippen LogP contribution in [-0.2, 0) is 10.0 Å². The standard InChI is InChI=1S/C22H27FN4O4S/c1-14(2)20-19(10-9-17(28)13-18(29)11-12-24)21(15-5-7-16(23)8-6-15)26-22(25-20)27(3)32(4,30)31/h5-10,14,17-18,28-29H,11,13H2,1-4H3. The molecule has 0 amide bonds. The lowest BCUT2D eigenvalue weighted by Crippen LogP contribution is -2.27. The van der Waals surface area contributed by atoms with Crippen molar-refractivity contribution in [3.8, 4) is 17.3 Å². The van der Waals surface area contributed by atoms with Gasteiger partial charge in [0.15, 0.2) is 0 Å². The van der Waals surface area contributed by atoms with Gasteiger partial charge in [-0.3, -0.25) is 0 Å². The van der Waals surface area contributed by atoms with Crippen molar-refractivity contribution in [2.45, 2.75) is 44.8 Å². The van der Waals surface area contributed by atoms with Crippen LogP contribution in [-0.4, -0.2) is 54.1 Å². The Hall–Kier alpha value is -2.87. The second-order valence-corrected chi connectivity index (χ2v) is 9.76. The Morgan fingerprint density at radius 1 is 1.22 bits per heavy atom. The van der Waals surface area contributed by atoms with Gasteiger partial charge in [0.1, 0.15) is 5.82 Å². The van der Waals surface area contributed by atoms with Crippen LogP contribution in [0.2, 0.25) is 0 Å². The highest BCUT2D eigenvalue weighted by Gasteiger charge is 2.22. The molecule has 2 unspecified atom stereocenters. The van der Waals surface area contributed by atoms with E-state index < -0.39 is 28.0 Å². The normalized spacial score (nSPS) is 13.8. The summed E-state index contributed by atoms with van der Waals surface area (Å²) in [5.41, 5.74) is 1.98. The van der Waals surface area contributed by atoms with Gasteiger partial charge < -0.3 is 10.2 Å². The summed E-state index contributed by atoms with van der Waals surface area (Å²) in [6.07, 6.45) is 1.97. The van der Waals surface area contributed by atoms with E-state index in [-0.39, 0.29) is 24.7 Å². The summed E-state index contributed by atoms with van der Waals surface area (Å²) in [5, 5.41) is 28.7. The monoisotopic (exact) mass is 462 g/mol. The van der Waals surface area contributed by atoms with E-state index in [2.05, 4.69) is 9.97 Å². The Morgan fingerprint density at radius 3 is 2.38 bits per heavy atom. The topological polar surface area (TPSA) is 127 Å². The van der Waals surface area contributed by atoms with Crippen molar-refractivity contribution in [2.75, 3.05) is 17.6 Å². The number of aliphatic hydroxyl groups excluding tert-OH is 2. The summed E-state index contributed by atoms with van der Waals surface area (Å²) in [4.78, 5) is 8.89. The quantitative estimate of drug-likeness (QED) is 0.586. The molecule has 2 rings (SSSR count). The fourth-order valence-corrected chi connectivity index (χ4v) is 3.33. The Balaban J connectivity index is 2.65. The van der Waals surface area contributed by atoms with E-state index in [1.807, 2.05) is 19.9 Å². The van der Waals surface area contributed by atoms with Gasteiger partial charge in [-0.05, 0) is 30.2 Å². The van der Waals surface area contributed by atoms with Crippen molar-refractivity contribution in [1.82, 2.24) is 9.97 Å². The number of hydrogen-bond donors (Lipinski definition) is 2. The van der Waals surface area contributed by atoms with Crippen LogP contribution in [0.5, 0.6) is 0 Å². The third-order valence-corrected chi connectivity index (χ3v) is 5.89. The van der Waals surface area contributed by atoms with E-state index in [1.54, 1.807) is 6.08 Å². The van der Waals surface area contributed by atoms with Gasteiger partial charge in [0.25, 0.3) is 0 Å². The van der Waals surface area contributed by atoms with Crippen molar-refractivity contribution >= 4 is 22.0 Å². The first kappa shape index (κ1) is 25.4. The van der Waals surface area contributed by atoms with Crippen molar-refractivity contribution in [2.24, 2.45) is 0 Å². The number of nitriles is 1. The molecule has 2 atom stereocenters. The molecule has 0 saturated carbocycles. The van der Waals surface area contributed by atoms with E-state index in [1.165, 1.54) is 37.4 Å². The average molecular weight is 463 g/mol. The first-order valence-corrected chi connectivity index (χ1v) is 11.8. The van der Waals surface area contributed by atoms with Crippen molar-refractivity contribution in [1.29, 1.82) is 5.26 Å². The van der Waals surface area contributed by atoms with Crippen LogP contribution >= 0.6 is 0 Å². The maximum absolute atomic E-state index is 13.5. The second-order valence-electron chi connectivity index (χ2n) is 7.74. The minimum atomic E-state index is -3.63. The fourth-order valence-electron chi connectivity index (χ4n) is 2.95. The molecule has 0 fully saturated rings. The fraction of sp³-hybridized carbons (Fsp3) is 0.409. The molecule has 8 nitrogen and oxygen atoms in total. The first-order chi connectivity index (χ1) is 14.9. The van der Waals surface area contributed by atoms with Crippen LogP contribution in [0.4, 0.5) is 10.3 Å². The lowest BCUT2D eigenvalue weighted by atomic mass is 9.97. The van der Waals surface area contributed by atoms with Gasteiger partial charge in [-0.1, -0.05) is 26.0 Å². The lowest BCUT2D eigenvalue weighted by Gasteiger charge is -2.20. The Bertz CT molecular complexity index is 1110. The second kappa shape index (κ2) is 10.6. The highest BCUT2D eigenvalue weighted by atomic mass is 32.2. The summed E-state index contributed by atoms with van der Waals surface area (Å²) in [6.45, 7) is 3.76. The van der Waals surface area contributed by atoms with E-state index in [0.717, 1.165) is 10.6 Å². The van der Waals surface area contributed by atoms with E-state index in [0.29, 0.717) is 22.5 Å². The number of aromatic nitrogens is 2. The minimum Gasteiger partial charge on any atom is -0.392 e. The molecule has 0 bridgehead atoms. The molecule has 0 saturated heterocycles. The predicted molar refractivity (Wildman–Crippen MR) is 121 cm³/mol. The molecule has 0 aliphatic carbocycles. The van der Waals surface area contributed by atoms with Crippen LogP contribution in [0.25, 0.3) is 17.3 Å². The highest BCUT2D eigenvalue weighted by molar-refractivity contribution is 7.92. The van der Waals surface area contributed by atoms with Crippen molar-refractivity contribution in [3.63, 3.8) is 0 Å². The SMILES string of the molecule is CC(C)c1nc(N(C)S(C)(=O)=O)nc(-c2ccc(F)cc2)c1C=CC(O)CC(O)CC#N. The maximum Gasteiger partial charge on any atom is 0.239 e. The number of rotatable bonds is 9. The molecular weight excluding hydrogens is 435 g/mol. The van der Waals surface area contributed by atoms with E-state index in [9.17, 15) is 23.0 Å². The van der Waals surface area contributed by atoms with Crippen LogP contribution in [0.3, 0.4) is 0 Å². The molecule has 0 aliphatic rings. The molecule has 0 spiro atoms. The third-order valence-electron chi connectivity index (χ3n) is 4.73. The summed E-state index contributed by atoms with van der Waals surface area (Å²) < 4.78 is 38.6. The van der Waals surface area contributed by atoms with Gasteiger partial charge >= 0.3 is 0 Å². The average Bonchev–Trinajstić information content (AvgIpc) is 2.71. The zero-order valence-corrected chi connectivity index (χ0v) is 19.2. The zero-order valence-electron chi connectivity index (χ0n) is 18.4. The molecular formula is C22H27FN4O4S. The Kier molecular flexibility index (Phi) is 8.44. The highest BCUT2D eigenvalue weighted by Crippen LogP contribution is 2.31. The summed E-state index contributed by atoms with van der Waals surface area (Å²) in [7, 11) is -2.28. The van der Waals surface area contributed by atoms with Gasteiger partial charge in [0.2, 0.25) is 16.0 Å². The molecule has 0 radical (unpaired) electrons. The largest absolute Gasteiger partial charge is 0.392 e. The van der Waals surface area contributed by atoms with Crippen LogP contribution in [0.1, 0.15) is 43.9 Å². The first-order valence-electron chi connectivity index (χ1n) is 9.97. The van der Waals surface area contributed by atoms with Crippen LogP contribution in [0.15, 0.2) is 30.3 Å². The Morgan fingerprint density at radius 2 is 1.84 bits per heavy atom. The number of anilines is 1. The lowest BCUT2D eigenvalue weighted by molar-refractivity contribution is 0.107. The molecule has 1 aromatic carbocycles. The van der Waals surface area contributed by atoms with Crippen LogP contribution in [0, 0.1) is 17.1 Å². The molecule has 2 aromatic rings. The van der Waals surface area contributed by atoms with E-state index in [4.69, 9.17) is 5.26 Å². The Labute approximate surface area is 187 Å². The number of hydrogen-bond acceptors (Lipinski definition) is 7. The summed E-state index contributed by atoms with van der Waals surface area (Å²) >= 11 is 0. The van der Waals surface area contributed by atoms with Crippen molar-refractivity contribution in [3.05, 3.63) is 47.4 Å². The molecule has 0 aliphatic heterocycles. The minimum absolute atomic E-state index is 0.0251. The summed E-state index contributed by atoms with van der Waals surface area (Å²) in [6, 6.07) is 7.44. The van der Waals surface area contributed by atoms with Gasteiger partial charge in [-0.15, -0.1) is 0 Å². The number of halogens is 1. The van der Waals surface area contributed by atoms with Gasteiger partial charge in [-0.2, -0.15) is 5.26 Å². The zero-order chi connectivity index (χ0) is 24.1. The molecule has 1 heterocycles. The maximum atomic E-state index is 13.5. The number of sulfonamides is 1. The van der Waals surface area contributed by atoms with E-state index >= 15 is 0 Å². The number of benzene rings is 1. The summed E-state index contributed by atoms with van der Waals surface area (Å²) in [5.74, 6) is -0.595. The van der Waals surface area contributed by atoms with Gasteiger partial charge in [0.05, 0.1) is 42.3 Å². The molecule has 1 aromatic heterocycles. The number of nitrogens with zero attached hydrogens (tertiary/aromatic N) is 4. The van der Waals surface area contributed by atoms with Gasteiger partial charge in [-0.25, -0.2) is 27.1 Å². The van der Waals surface area contributed by atoms with Crippen LogP contribution < -0.4 is 4.31 Å². The third kappa shape index (κ3) is 6.56. The molecule has 32 heavy (non-hydrogen) atoms. The van der Waals surface area contributed by atoms with Crippen molar-refractivity contribution < 1.29 is 23.0 Å². The molecule has 172 valence electrons. The van der Waals surface area contributed by atoms with Gasteiger partial charge in [0, 0.05) is 24.6 Å². The molecule has 10 heteroatoms. The number of aliphatic hydroxyl groups is 2. The predicted octanol–water partition coefficient (Wildman–Crippen LogP) is 2.84. The molecule has 2 N–H and O–H groups in total.